The van der Waals surface area contributed by atoms with Gasteiger partial charge in [0.15, 0.2) is 0 Å². The highest BCUT2D eigenvalue weighted by Crippen LogP contribution is 2.32. The quantitative estimate of drug-likeness (QED) is 0.563. The Labute approximate surface area is 176 Å². The summed E-state index contributed by atoms with van der Waals surface area (Å²) in [6.07, 6.45) is 2.71. The monoisotopic (exact) mass is 429 g/mol. The van der Waals surface area contributed by atoms with E-state index < -0.39 is 24.2 Å². The molecular formula is C20H24FN7O3. The second-order valence-corrected chi connectivity index (χ2v) is 8.53. The van der Waals surface area contributed by atoms with Crippen LogP contribution in [0.25, 0.3) is 22.1 Å². The van der Waals surface area contributed by atoms with E-state index in [2.05, 4.69) is 15.0 Å². The van der Waals surface area contributed by atoms with Gasteiger partial charge in [0.25, 0.3) is 0 Å². The summed E-state index contributed by atoms with van der Waals surface area (Å²) >= 11 is 0. The van der Waals surface area contributed by atoms with Crippen molar-refractivity contribution in [2.75, 3.05) is 19.6 Å². The maximum absolute atomic E-state index is 13.9. The van der Waals surface area contributed by atoms with Gasteiger partial charge in [-0.3, -0.25) is 9.36 Å². The van der Waals surface area contributed by atoms with E-state index >= 15 is 0 Å². The van der Waals surface area contributed by atoms with Crippen molar-refractivity contribution in [2.24, 2.45) is 11.7 Å². The number of aromatic nitrogens is 4. The molecule has 3 amide bonds. The Hall–Kier alpha value is -3.37. The summed E-state index contributed by atoms with van der Waals surface area (Å²) in [4.78, 5) is 50.9. The fourth-order valence-corrected chi connectivity index (χ4v) is 4.94. The third kappa shape index (κ3) is 3.06. The van der Waals surface area contributed by atoms with Crippen molar-refractivity contribution in [1.82, 2.24) is 29.3 Å². The zero-order chi connectivity index (χ0) is 21.9. The van der Waals surface area contributed by atoms with Crippen molar-refractivity contribution in [3.05, 3.63) is 28.9 Å². The second-order valence-electron chi connectivity index (χ2n) is 8.53. The zero-order valence-electron chi connectivity index (χ0n) is 17.0. The number of halogens is 1. The molecule has 2 aliphatic heterocycles. The van der Waals surface area contributed by atoms with Crippen LogP contribution in [0.2, 0.25) is 0 Å². The number of fused-ring (bicyclic) bond motifs is 3. The van der Waals surface area contributed by atoms with E-state index in [4.69, 9.17) is 5.73 Å². The standard InChI is InChI=1S/C20H24FN7O3/c1-10-3-5-26(20(31)27-8-11(21)6-14(27)17(22)29)9-15(10)28-16-12-2-4-23-18(12)24-7-13(16)25-19(28)30/h2,4,7,10-11,14-15H,3,5-6,8-9H2,1H3,(H2,22,29)(H,23,24)(H,25,30). The van der Waals surface area contributed by atoms with Crippen molar-refractivity contribution in [2.45, 2.75) is 38.0 Å². The van der Waals surface area contributed by atoms with E-state index in [9.17, 15) is 18.8 Å². The normalized spacial score (nSPS) is 26.8. The third-order valence-electron chi connectivity index (χ3n) is 6.60. The maximum atomic E-state index is 13.9. The van der Waals surface area contributed by atoms with Gasteiger partial charge in [0.1, 0.15) is 17.9 Å². The number of alkyl halides is 1. The Balaban J connectivity index is 1.50. The lowest BCUT2D eigenvalue weighted by molar-refractivity contribution is -0.121. The van der Waals surface area contributed by atoms with Crippen LogP contribution in [0.1, 0.15) is 25.8 Å². The highest BCUT2D eigenvalue weighted by Gasteiger charge is 2.42. The van der Waals surface area contributed by atoms with Crippen molar-refractivity contribution in [3.63, 3.8) is 0 Å². The van der Waals surface area contributed by atoms with Crippen LogP contribution in [0.3, 0.4) is 0 Å². The first-order valence-electron chi connectivity index (χ1n) is 10.4. The van der Waals surface area contributed by atoms with Gasteiger partial charge in [-0.1, -0.05) is 6.92 Å². The smallest absolute Gasteiger partial charge is 0.326 e. The summed E-state index contributed by atoms with van der Waals surface area (Å²) in [5.74, 6) is -0.576. The fourth-order valence-electron chi connectivity index (χ4n) is 4.94. The number of hydrogen-bond donors (Lipinski definition) is 3. The molecule has 0 aromatic carbocycles. The zero-order valence-corrected chi connectivity index (χ0v) is 17.0. The molecule has 0 spiro atoms. The van der Waals surface area contributed by atoms with Gasteiger partial charge in [0.2, 0.25) is 5.91 Å². The van der Waals surface area contributed by atoms with Crippen LogP contribution < -0.4 is 11.4 Å². The number of nitrogens with zero attached hydrogens (tertiary/aromatic N) is 4. The molecule has 4 atom stereocenters. The molecule has 31 heavy (non-hydrogen) atoms. The molecule has 0 radical (unpaired) electrons. The summed E-state index contributed by atoms with van der Waals surface area (Å²) < 4.78 is 15.6. The lowest BCUT2D eigenvalue weighted by atomic mass is 9.93. The number of likely N-dealkylation sites (tertiary alicyclic amines) is 2. The van der Waals surface area contributed by atoms with Crippen LogP contribution in [-0.4, -0.2) is 73.1 Å². The molecule has 0 bridgehead atoms. The van der Waals surface area contributed by atoms with E-state index in [0.717, 1.165) is 10.9 Å². The van der Waals surface area contributed by atoms with Crippen molar-refractivity contribution in [1.29, 1.82) is 0 Å². The number of pyridine rings is 1. The molecule has 0 saturated carbocycles. The summed E-state index contributed by atoms with van der Waals surface area (Å²) in [6, 6.07) is 0.229. The Morgan fingerprint density at radius 1 is 1.32 bits per heavy atom. The van der Waals surface area contributed by atoms with Gasteiger partial charge < -0.3 is 25.5 Å². The molecule has 10 nitrogen and oxygen atoms in total. The minimum atomic E-state index is -1.27. The lowest BCUT2D eigenvalue weighted by Crippen LogP contribution is -2.53. The number of amides is 3. The number of aromatic amines is 2. The van der Waals surface area contributed by atoms with Gasteiger partial charge in [-0.15, -0.1) is 0 Å². The molecule has 2 aliphatic rings. The van der Waals surface area contributed by atoms with Gasteiger partial charge in [-0.25, -0.2) is 19.0 Å². The fraction of sp³-hybridized carbons (Fsp3) is 0.500. The average Bonchev–Trinajstić information content (AvgIpc) is 3.43. The summed E-state index contributed by atoms with van der Waals surface area (Å²) in [5.41, 5.74) is 7.16. The van der Waals surface area contributed by atoms with Crippen LogP contribution in [0.4, 0.5) is 9.18 Å². The van der Waals surface area contributed by atoms with E-state index in [0.29, 0.717) is 24.1 Å². The summed E-state index contributed by atoms with van der Waals surface area (Å²) in [7, 11) is 0. The number of nitrogens with one attached hydrogen (secondary N) is 2. The minimum Gasteiger partial charge on any atom is -0.368 e. The molecule has 5 heterocycles. The number of carbonyl (C=O) groups excluding carboxylic acids is 2. The Morgan fingerprint density at radius 3 is 2.90 bits per heavy atom. The molecule has 5 rings (SSSR count). The van der Waals surface area contributed by atoms with Crippen LogP contribution in [0, 0.1) is 5.92 Å². The molecule has 164 valence electrons. The van der Waals surface area contributed by atoms with Crippen molar-refractivity contribution in [3.8, 4) is 0 Å². The number of carbonyl (C=O) groups is 2. The van der Waals surface area contributed by atoms with E-state index in [-0.39, 0.29) is 37.2 Å². The number of imidazole rings is 1. The molecule has 2 fully saturated rings. The first kappa shape index (κ1) is 19.6. The summed E-state index contributed by atoms with van der Waals surface area (Å²) in [6.45, 7) is 2.65. The molecule has 4 unspecified atom stereocenters. The highest BCUT2D eigenvalue weighted by molar-refractivity contribution is 6.01. The highest BCUT2D eigenvalue weighted by atomic mass is 19.1. The number of H-pyrrole nitrogens is 2. The molecular weight excluding hydrogens is 405 g/mol. The van der Waals surface area contributed by atoms with Gasteiger partial charge in [0, 0.05) is 31.1 Å². The average molecular weight is 429 g/mol. The van der Waals surface area contributed by atoms with Crippen molar-refractivity contribution < 1.29 is 14.0 Å². The topological polar surface area (TPSA) is 133 Å². The SMILES string of the molecule is CC1CCN(C(=O)N2CC(F)CC2C(N)=O)CC1n1c(=O)[nH]c2cnc3[nH]ccc3c21. The molecule has 4 N–H and O–H groups in total. The van der Waals surface area contributed by atoms with Gasteiger partial charge in [-0.05, 0) is 18.4 Å². The van der Waals surface area contributed by atoms with Crippen molar-refractivity contribution >= 4 is 34.0 Å². The second kappa shape index (κ2) is 7.10. The van der Waals surface area contributed by atoms with Gasteiger partial charge >= 0.3 is 11.7 Å². The summed E-state index contributed by atoms with van der Waals surface area (Å²) in [5, 5.41) is 0.820. The molecule has 11 heteroatoms. The first-order valence-corrected chi connectivity index (χ1v) is 10.4. The van der Waals surface area contributed by atoms with E-state index in [1.807, 2.05) is 13.0 Å². The van der Waals surface area contributed by atoms with Crippen LogP contribution >= 0.6 is 0 Å². The maximum Gasteiger partial charge on any atom is 0.326 e. The first-order chi connectivity index (χ1) is 14.8. The molecule has 2 saturated heterocycles. The predicted molar refractivity (Wildman–Crippen MR) is 111 cm³/mol. The number of rotatable bonds is 2. The molecule has 0 aliphatic carbocycles. The molecule has 3 aromatic heterocycles. The minimum absolute atomic E-state index is 0.0743. The van der Waals surface area contributed by atoms with Crippen LogP contribution in [0.15, 0.2) is 23.3 Å². The number of primary amides is 1. The van der Waals surface area contributed by atoms with E-state index in [1.54, 1.807) is 21.9 Å². The number of urea groups is 1. The third-order valence-corrected chi connectivity index (χ3v) is 6.60. The largest absolute Gasteiger partial charge is 0.368 e. The number of nitrogens with two attached hydrogens (primary N) is 1. The number of piperidine rings is 1. The van der Waals surface area contributed by atoms with E-state index in [1.165, 1.54) is 4.90 Å². The Kier molecular flexibility index (Phi) is 4.49. The van der Waals surface area contributed by atoms with Crippen LogP contribution in [0.5, 0.6) is 0 Å². The molecule has 3 aromatic rings. The Morgan fingerprint density at radius 2 is 2.13 bits per heavy atom. The Bertz CT molecular complexity index is 1230. The van der Waals surface area contributed by atoms with Gasteiger partial charge in [-0.2, -0.15) is 0 Å². The lowest BCUT2D eigenvalue weighted by Gasteiger charge is -2.39. The predicted octanol–water partition coefficient (Wildman–Crippen LogP) is 1.11. The van der Waals surface area contributed by atoms with Crippen LogP contribution in [-0.2, 0) is 4.79 Å². The number of hydrogen-bond acceptors (Lipinski definition) is 4. The van der Waals surface area contributed by atoms with Gasteiger partial charge in [0.05, 0.1) is 29.8 Å².